The number of nitrogens with one attached hydrogen (secondary N) is 1. The molecule has 2 amide bonds. The third kappa shape index (κ3) is 5.33. The van der Waals surface area contributed by atoms with E-state index >= 15 is 9.18 Å². The molecular formula is C31H31ClF4N3O7S+. The van der Waals surface area contributed by atoms with E-state index in [1.807, 2.05) is 0 Å². The van der Waals surface area contributed by atoms with E-state index in [2.05, 4.69) is 10.1 Å². The summed E-state index contributed by atoms with van der Waals surface area (Å²) in [6.45, 7) is 1.28. The summed E-state index contributed by atoms with van der Waals surface area (Å²) in [4.78, 5) is 27.8. The van der Waals surface area contributed by atoms with Crippen LogP contribution in [0.5, 0.6) is 17.2 Å². The third-order valence-electron chi connectivity index (χ3n) is 8.76. The fraction of sp³-hybridized carbons (Fsp3) is 0.355. The van der Waals surface area contributed by atoms with E-state index in [0.29, 0.717) is 9.87 Å². The van der Waals surface area contributed by atoms with Crippen LogP contribution in [0.2, 0.25) is 5.02 Å². The van der Waals surface area contributed by atoms with Crippen molar-refractivity contribution in [3.05, 3.63) is 76.3 Å². The predicted molar refractivity (Wildman–Crippen MR) is 163 cm³/mol. The normalized spacial score (nSPS) is 24.2. The minimum Gasteiger partial charge on any atom is -0.497 e. The molecule has 1 fully saturated rings. The van der Waals surface area contributed by atoms with Crippen molar-refractivity contribution in [3.8, 4) is 17.2 Å². The van der Waals surface area contributed by atoms with Gasteiger partial charge in [-0.05, 0) is 49.4 Å². The van der Waals surface area contributed by atoms with Crippen LogP contribution in [0.4, 0.5) is 23.2 Å². The average Bonchev–Trinajstić information content (AvgIpc) is 3.46. The molecule has 4 atom stereocenters. The van der Waals surface area contributed by atoms with Crippen LogP contribution < -0.4 is 23.8 Å². The number of rotatable bonds is 8. The number of likely N-dealkylation sites (tertiary alicyclic amines) is 1. The first-order valence-electron chi connectivity index (χ1n) is 14.2. The van der Waals surface area contributed by atoms with Gasteiger partial charge in [0, 0.05) is 24.6 Å². The number of hydrogen-bond donors (Lipinski definition) is 1. The molecule has 0 bridgehead atoms. The van der Waals surface area contributed by atoms with Crippen molar-refractivity contribution in [1.82, 2.24) is 5.32 Å². The zero-order valence-corrected chi connectivity index (χ0v) is 27.4. The predicted octanol–water partition coefficient (Wildman–Crippen LogP) is 4.85. The van der Waals surface area contributed by atoms with Crippen LogP contribution in [0.1, 0.15) is 23.1 Å². The molecule has 252 valence electrons. The number of carbonyl (C=O) groups excluding carboxylic acids is 2. The molecular weight excluding hydrogens is 670 g/mol. The van der Waals surface area contributed by atoms with Crippen LogP contribution in [0.15, 0.2) is 59.5 Å². The minimum absolute atomic E-state index is 0.0280. The Morgan fingerprint density at radius 2 is 1.74 bits per heavy atom. The number of quaternary nitrogens is 1. The lowest BCUT2D eigenvalue weighted by molar-refractivity contribution is -0.953. The van der Waals surface area contributed by atoms with E-state index in [9.17, 15) is 26.4 Å². The number of alkyl halides is 4. The highest BCUT2D eigenvalue weighted by Crippen LogP contribution is 2.58. The SMILES string of the molecule is CNC(=O)[C@@H]1C[C@H](F)C[N+]1(C)C1(c2cc(C)ccc2OC)C(=O)N(S(=O)(=O)c2ccc(OC)cc2OC(F)(F)F)c2ccc(Cl)cc21. The van der Waals surface area contributed by atoms with Gasteiger partial charge in [0.1, 0.15) is 22.9 Å². The fourth-order valence-corrected chi connectivity index (χ4v) is 8.57. The summed E-state index contributed by atoms with van der Waals surface area (Å²) in [5, 5.41) is 2.58. The second-order valence-corrected chi connectivity index (χ2v) is 13.6. The molecule has 10 nitrogen and oxygen atoms in total. The fourth-order valence-electron chi connectivity index (χ4n) is 6.84. The maximum atomic E-state index is 15.6. The minimum atomic E-state index is -5.32. The van der Waals surface area contributed by atoms with Gasteiger partial charge in [0.15, 0.2) is 18.0 Å². The molecule has 0 aromatic heterocycles. The number of halogens is 5. The van der Waals surface area contributed by atoms with E-state index in [-0.39, 0.29) is 39.8 Å². The number of amides is 2. The van der Waals surface area contributed by atoms with Crippen molar-refractivity contribution < 1.29 is 54.3 Å². The van der Waals surface area contributed by atoms with Gasteiger partial charge in [0.25, 0.3) is 15.9 Å². The number of sulfonamides is 1. The van der Waals surface area contributed by atoms with Crippen LogP contribution in [-0.4, -0.2) is 78.2 Å². The first-order valence-corrected chi connectivity index (χ1v) is 16.0. The summed E-state index contributed by atoms with van der Waals surface area (Å²) in [6.07, 6.45) is -7.24. The molecule has 3 aromatic carbocycles. The number of likely N-dealkylation sites (N-methyl/N-ethyl adjacent to an activating group) is 2. The molecule has 16 heteroatoms. The standard InChI is InChI=1S/C31H30ClF4N3O7S/c1-17-6-10-25(45-5)22(12-17)30(39(3)16-19(33)14-24(39)28(40)37-2)21-13-18(32)7-9-23(21)38(29(30)41)47(42,43)27-11-8-20(44-4)15-26(27)46-31(34,35)36/h6-13,15,19,24H,14,16H2,1-5H3/p+1/t19-,24-,30?,39?/m0/s1. The topological polar surface area (TPSA) is 111 Å². The molecule has 47 heavy (non-hydrogen) atoms. The van der Waals surface area contributed by atoms with Gasteiger partial charge in [-0.1, -0.05) is 23.2 Å². The number of anilines is 1. The quantitative estimate of drug-likeness (QED) is 0.264. The molecule has 2 unspecified atom stereocenters. The number of aryl methyl sites for hydroxylation is 1. The van der Waals surface area contributed by atoms with Gasteiger partial charge < -0.3 is 19.5 Å². The number of benzene rings is 3. The van der Waals surface area contributed by atoms with E-state index in [4.69, 9.17) is 21.1 Å². The van der Waals surface area contributed by atoms with Crippen molar-refractivity contribution in [2.75, 3.05) is 39.2 Å². The first-order chi connectivity index (χ1) is 22.0. The first kappa shape index (κ1) is 34.3. The molecule has 2 aliphatic heterocycles. The summed E-state index contributed by atoms with van der Waals surface area (Å²) in [5.74, 6) is -3.01. The van der Waals surface area contributed by atoms with Crippen molar-refractivity contribution in [2.45, 2.75) is 42.4 Å². The molecule has 0 spiro atoms. The second kappa shape index (κ2) is 11.9. The molecule has 3 aromatic rings. The van der Waals surface area contributed by atoms with Crippen LogP contribution >= 0.6 is 11.6 Å². The van der Waals surface area contributed by atoms with Crippen molar-refractivity contribution in [2.24, 2.45) is 0 Å². The zero-order valence-electron chi connectivity index (χ0n) is 25.8. The van der Waals surface area contributed by atoms with Gasteiger partial charge >= 0.3 is 12.3 Å². The van der Waals surface area contributed by atoms with Crippen LogP contribution in [0.3, 0.4) is 0 Å². The lowest BCUT2D eigenvalue weighted by atomic mass is 9.78. The van der Waals surface area contributed by atoms with Crippen molar-refractivity contribution in [3.63, 3.8) is 0 Å². The molecule has 1 N–H and O–H groups in total. The lowest BCUT2D eigenvalue weighted by Gasteiger charge is -2.48. The zero-order chi connectivity index (χ0) is 34.7. The summed E-state index contributed by atoms with van der Waals surface area (Å²) in [6, 6.07) is 10.1. The Bertz CT molecular complexity index is 1880. The van der Waals surface area contributed by atoms with E-state index in [1.54, 1.807) is 25.1 Å². The van der Waals surface area contributed by atoms with Gasteiger partial charge in [-0.15, -0.1) is 13.2 Å². The van der Waals surface area contributed by atoms with E-state index < -0.39 is 67.6 Å². The summed E-state index contributed by atoms with van der Waals surface area (Å²) in [7, 11) is 0.0509. The van der Waals surface area contributed by atoms with Gasteiger partial charge in [-0.25, -0.2) is 12.8 Å². The Labute approximate surface area is 273 Å². The number of carbonyl (C=O) groups is 2. The highest BCUT2D eigenvalue weighted by Gasteiger charge is 2.72. The van der Waals surface area contributed by atoms with Crippen LogP contribution in [0, 0.1) is 6.92 Å². The largest absolute Gasteiger partial charge is 0.573 e. The summed E-state index contributed by atoms with van der Waals surface area (Å²) in [5.41, 5.74) is -1.82. The Morgan fingerprint density at radius 1 is 1.04 bits per heavy atom. The Morgan fingerprint density at radius 3 is 2.36 bits per heavy atom. The lowest BCUT2D eigenvalue weighted by Crippen LogP contribution is -2.69. The van der Waals surface area contributed by atoms with E-state index in [0.717, 1.165) is 25.3 Å². The number of hydrogen-bond acceptors (Lipinski definition) is 7. The number of ether oxygens (including phenoxy) is 3. The second-order valence-electron chi connectivity index (χ2n) is 11.4. The molecule has 0 radical (unpaired) electrons. The highest BCUT2D eigenvalue weighted by atomic mass is 35.5. The van der Waals surface area contributed by atoms with Crippen LogP contribution in [0.25, 0.3) is 0 Å². The Hall–Kier alpha value is -4.08. The average molecular weight is 701 g/mol. The van der Waals surface area contributed by atoms with Crippen molar-refractivity contribution >= 4 is 39.1 Å². The Kier molecular flexibility index (Phi) is 8.65. The molecule has 1 saturated heterocycles. The maximum Gasteiger partial charge on any atom is 0.573 e. The smallest absolute Gasteiger partial charge is 0.497 e. The van der Waals surface area contributed by atoms with Gasteiger partial charge in [-0.2, -0.15) is 4.31 Å². The third-order valence-corrected chi connectivity index (χ3v) is 10.7. The molecule has 2 aliphatic rings. The van der Waals surface area contributed by atoms with Gasteiger partial charge in [0.2, 0.25) is 5.54 Å². The number of fused-ring (bicyclic) bond motifs is 1. The molecule has 0 saturated carbocycles. The highest BCUT2D eigenvalue weighted by molar-refractivity contribution is 7.93. The maximum absolute atomic E-state index is 15.6. The van der Waals surface area contributed by atoms with Crippen LogP contribution in [-0.2, 0) is 25.2 Å². The molecule has 5 rings (SSSR count). The monoisotopic (exact) mass is 700 g/mol. The molecule has 0 aliphatic carbocycles. The van der Waals surface area contributed by atoms with Gasteiger partial charge in [0.05, 0.1) is 38.1 Å². The number of nitrogens with zero attached hydrogens (tertiary/aromatic N) is 2. The summed E-state index contributed by atoms with van der Waals surface area (Å²) < 4.78 is 99.9. The van der Waals surface area contributed by atoms with E-state index in [1.165, 1.54) is 39.4 Å². The van der Waals surface area contributed by atoms with Crippen molar-refractivity contribution in [1.29, 1.82) is 0 Å². The van der Waals surface area contributed by atoms with Gasteiger partial charge in [-0.3, -0.25) is 14.1 Å². The summed E-state index contributed by atoms with van der Waals surface area (Å²) >= 11 is 6.48. The number of methoxy groups -OCH3 is 2. The Balaban J connectivity index is 1.91. The molecule has 2 heterocycles.